The number of alkyl halides is 3. The molecule has 1 rings (SSSR count). The Balaban J connectivity index is 3.35. The van der Waals surface area contributed by atoms with Gasteiger partial charge < -0.3 is 9.90 Å². The maximum Gasteiger partial charge on any atom is 0.416 e. The summed E-state index contributed by atoms with van der Waals surface area (Å²) in [5.74, 6) is -1.03. The number of benzene rings is 1. The van der Waals surface area contributed by atoms with Crippen molar-refractivity contribution in [3.63, 3.8) is 0 Å². The number of aromatic hydroxyl groups is 1. The van der Waals surface area contributed by atoms with Crippen LogP contribution in [-0.4, -0.2) is 11.4 Å². The zero-order valence-corrected chi connectivity index (χ0v) is 10.5. The highest BCUT2D eigenvalue weighted by Gasteiger charge is 2.35. The molecule has 6 heteroatoms. The molecule has 0 saturated carbocycles. The fourth-order valence-corrected chi connectivity index (χ4v) is 1.86. The molecule has 0 heterocycles. The van der Waals surface area contributed by atoms with Crippen LogP contribution in [0.2, 0.25) is 0 Å². The van der Waals surface area contributed by atoms with E-state index in [1.165, 1.54) is 13.0 Å². The smallest absolute Gasteiger partial charge is 0.416 e. The Kier molecular flexibility index (Phi) is 4.19. The summed E-state index contributed by atoms with van der Waals surface area (Å²) >= 11 is 2.96. The molecule has 0 amide bonds. The second-order valence-electron chi connectivity index (χ2n) is 3.69. The summed E-state index contributed by atoms with van der Waals surface area (Å²) in [4.78, 5) is 10.4. The highest BCUT2D eigenvalue weighted by atomic mass is 79.9. The van der Waals surface area contributed by atoms with Gasteiger partial charge in [0.1, 0.15) is 12.0 Å². The van der Waals surface area contributed by atoms with Crippen molar-refractivity contribution in [2.75, 3.05) is 0 Å². The molecule has 17 heavy (non-hydrogen) atoms. The molecule has 1 N–H and O–H groups in total. The zero-order chi connectivity index (χ0) is 13.2. The van der Waals surface area contributed by atoms with E-state index in [0.717, 1.165) is 0 Å². The van der Waals surface area contributed by atoms with Crippen molar-refractivity contribution < 1.29 is 23.1 Å². The van der Waals surface area contributed by atoms with Crippen molar-refractivity contribution in [3.05, 3.63) is 27.7 Å². The molecule has 2 nitrogen and oxygen atoms in total. The molecule has 1 aromatic rings. The van der Waals surface area contributed by atoms with E-state index >= 15 is 0 Å². The van der Waals surface area contributed by atoms with Crippen LogP contribution in [0.4, 0.5) is 13.2 Å². The van der Waals surface area contributed by atoms with Gasteiger partial charge >= 0.3 is 6.18 Å². The third kappa shape index (κ3) is 3.21. The first-order chi connectivity index (χ1) is 7.77. The fourth-order valence-electron chi connectivity index (χ4n) is 1.50. The second-order valence-corrected chi connectivity index (χ2v) is 4.55. The molecular weight excluding hydrogens is 301 g/mol. The number of carbonyl (C=O) groups excluding carboxylic acids is 1. The Morgan fingerprint density at radius 3 is 2.53 bits per heavy atom. The van der Waals surface area contributed by atoms with Crippen molar-refractivity contribution in [3.8, 4) is 5.75 Å². The monoisotopic (exact) mass is 310 g/mol. The van der Waals surface area contributed by atoms with Crippen LogP contribution in [0.5, 0.6) is 5.75 Å². The van der Waals surface area contributed by atoms with Crippen molar-refractivity contribution >= 4 is 22.2 Å². The highest BCUT2D eigenvalue weighted by Crippen LogP contribution is 2.40. The first kappa shape index (κ1) is 14.0. The van der Waals surface area contributed by atoms with Crippen LogP contribution in [0.1, 0.15) is 30.4 Å². The summed E-state index contributed by atoms with van der Waals surface area (Å²) in [6, 6.07) is 1.87. The van der Waals surface area contributed by atoms with Gasteiger partial charge in [0.05, 0.1) is 10.0 Å². The van der Waals surface area contributed by atoms with E-state index in [0.29, 0.717) is 12.4 Å². The SMILES string of the molecule is CC(CC=O)c1cc(Br)c(O)cc1C(F)(F)F. The lowest BCUT2D eigenvalue weighted by atomic mass is 9.93. The van der Waals surface area contributed by atoms with Gasteiger partial charge in [0.25, 0.3) is 0 Å². The molecule has 0 spiro atoms. The van der Waals surface area contributed by atoms with E-state index in [4.69, 9.17) is 0 Å². The molecule has 94 valence electrons. The molecule has 0 aliphatic rings. The van der Waals surface area contributed by atoms with Gasteiger partial charge in [0.2, 0.25) is 0 Å². The van der Waals surface area contributed by atoms with Crippen molar-refractivity contribution in [1.29, 1.82) is 0 Å². The number of hydrogen-bond donors (Lipinski definition) is 1. The highest BCUT2D eigenvalue weighted by molar-refractivity contribution is 9.10. The van der Waals surface area contributed by atoms with Gasteiger partial charge in [0.15, 0.2) is 0 Å². The standard InChI is InChI=1S/C11H10BrF3O2/c1-6(2-3-16)7-4-9(12)10(17)5-8(7)11(13,14)15/h3-6,17H,2H2,1H3. The van der Waals surface area contributed by atoms with Gasteiger partial charge in [-0.1, -0.05) is 6.92 Å². The molecule has 1 atom stereocenters. The van der Waals surface area contributed by atoms with Crippen LogP contribution >= 0.6 is 15.9 Å². The Morgan fingerprint density at radius 1 is 1.47 bits per heavy atom. The molecule has 1 unspecified atom stereocenters. The van der Waals surface area contributed by atoms with Crippen molar-refractivity contribution in [1.82, 2.24) is 0 Å². The molecule has 1 aromatic carbocycles. The Morgan fingerprint density at radius 2 is 2.06 bits per heavy atom. The number of phenolic OH excluding ortho intramolecular Hbond substituents is 1. The maximum atomic E-state index is 12.7. The average molecular weight is 311 g/mol. The lowest BCUT2D eigenvalue weighted by Gasteiger charge is -2.18. The van der Waals surface area contributed by atoms with Gasteiger partial charge in [-0.05, 0) is 39.5 Å². The molecule has 0 fully saturated rings. The van der Waals surface area contributed by atoms with Crippen LogP contribution in [0, 0.1) is 0 Å². The number of carbonyl (C=O) groups is 1. The summed E-state index contributed by atoms with van der Waals surface area (Å²) < 4.78 is 38.4. The van der Waals surface area contributed by atoms with Gasteiger partial charge in [-0.15, -0.1) is 0 Å². The van der Waals surface area contributed by atoms with Crippen molar-refractivity contribution in [2.45, 2.75) is 25.4 Å². The normalized spacial score (nSPS) is 13.5. The van der Waals surface area contributed by atoms with Gasteiger partial charge in [-0.3, -0.25) is 0 Å². The predicted octanol–water partition coefficient (Wildman–Crippen LogP) is 3.87. The number of hydrogen-bond acceptors (Lipinski definition) is 2. The molecule has 0 radical (unpaired) electrons. The molecule has 0 bridgehead atoms. The molecule has 0 aliphatic carbocycles. The lowest BCUT2D eigenvalue weighted by molar-refractivity contribution is -0.138. The van der Waals surface area contributed by atoms with Gasteiger partial charge in [0, 0.05) is 6.42 Å². The minimum Gasteiger partial charge on any atom is -0.507 e. The predicted molar refractivity (Wildman–Crippen MR) is 59.9 cm³/mol. The minimum atomic E-state index is -4.55. The van der Waals surface area contributed by atoms with E-state index in [1.54, 1.807) is 0 Å². The van der Waals surface area contributed by atoms with Crippen LogP contribution < -0.4 is 0 Å². The van der Waals surface area contributed by atoms with E-state index < -0.39 is 23.4 Å². The fraction of sp³-hybridized carbons (Fsp3) is 0.364. The second kappa shape index (κ2) is 5.08. The van der Waals surface area contributed by atoms with Gasteiger partial charge in [-0.2, -0.15) is 13.2 Å². The van der Waals surface area contributed by atoms with Gasteiger partial charge in [-0.25, -0.2) is 0 Å². The van der Waals surface area contributed by atoms with Crippen molar-refractivity contribution in [2.24, 2.45) is 0 Å². The van der Waals surface area contributed by atoms with E-state index in [1.807, 2.05) is 0 Å². The van der Waals surface area contributed by atoms with Crippen LogP contribution in [0.25, 0.3) is 0 Å². The Bertz CT molecular complexity index is 429. The molecular formula is C11H10BrF3O2. The first-order valence-corrected chi connectivity index (χ1v) is 5.60. The minimum absolute atomic E-state index is 0.000293. The summed E-state index contributed by atoms with van der Waals surface area (Å²) in [7, 11) is 0. The topological polar surface area (TPSA) is 37.3 Å². The van der Waals surface area contributed by atoms with E-state index in [-0.39, 0.29) is 16.5 Å². The third-order valence-corrected chi connectivity index (χ3v) is 3.04. The number of rotatable bonds is 3. The quantitative estimate of drug-likeness (QED) is 0.861. The van der Waals surface area contributed by atoms with Crippen LogP contribution in [-0.2, 0) is 11.0 Å². The van der Waals surface area contributed by atoms with E-state index in [2.05, 4.69) is 15.9 Å². The number of aldehydes is 1. The Labute approximate surface area is 105 Å². The molecule has 0 aliphatic heterocycles. The van der Waals surface area contributed by atoms with Crippen LogP contribution in [0.15, 0.2) is 16.6 Å². The summed E-state index contributed by atoms with van der Waals surface area (Å²) in [5, 5.41) is 9.28. The molecule has 0 aromatic heterocycles. The number of phenols is 1. The molecule has 0 saturated heterocycles. The van der Waals surface area contributed by atoms with Crippen LogP contribution in [0.3, 0.4) is 0 Å². The summed E-state index contributed by atoms with van der Waals surface area (Å²) in [6.45, 7) is 1.53. The third-order valence-electron chi connectivity index (χ3n) is 2.41. The average Bonchev–Trinajstić information content (AvgIpc) is 2.20. The summed E-state index contributed by atoms with van der Waals surface area (Å²) in [5.41, 5.74) is -0.915. The Hall–Kier alpha value is -1.04. The first-order valence-electron chi connectivity index (χ1n) is 4.80. The summed E-state index contributed by atoms with van der Waals surface area (Å²) in [6.07, 6.45) is -3.98. The lowest BCUT2D eigenvalue weighted by Crippen LogP contribution is -2.11. The number of halogens is 4. The zero-order valence-electron chi connectivity index (χ0n) is 8.88. The van der Waals surface area contributed by atoms with E-state index in [9.17, 15) is 23.1 Å². The largest absolute Gasteiger partial charge is 0.507 e. The maximum absolute atomic E-state index is 12.7.